The highest BCUT2D eigenvalue weighted by Crippen LogP contribution is 2.36. The van der Waals surface area contributed by atoms with Crippen molar-refractivity contribution in [1.29, 1.82) is 0 Å². The summed E-state index contributed by atoms with van der Waals surface area (Å²) in [5.41, 5.74) is 6.62. The maximum absolute atomic E-state index is 12.7. The van der Waals surface area contributed by atoms with Crippen molar-refractivity contribution in [2.45, 2.75) is 19.4 Å². The molecule has 0 heterocycles. The van der Waals surface area contributed by atoms with Crippen LogP contribution in [0.15, 0.2) is 12.1 Å². The summed E-state index contributed by atoms with van der Waals surface area (Å²) in [4.78, 5) is 0. The first kappa shape index (κ1) is 12.9. The Morgan fingerprint density at radius 1 is 1.44 bits per heavy atom. The highest BCUT2D eigenvalue weighted by Gasteiger charge is 2.21. The monoisotopic (exact) mass is 231 g/mol. The first-order valence-corrected chi connectivity index (χ1v) is 4.84. The van der Waals surface area contributed by atoms with Gasteiger partial charge in [-0.05, 0) is 18.6 Å². The smallest absolute Gasteiger partial charge is 0.267 e. The van der Waals surface area contributed by atoms with E-state index in [1.807, 2.05) is 0 Å². The molecule has 3 nitrogen and oxygen atoms in total. The van der Waals surface area contributed by atoms with Crippen molar-refractivity contribution >= 4 is 0 Å². The van der Waals surface area contributed by atoms with E-state index in [2.05, 4.69) is 0 Å². The maximum Gasteiger partial charge on any atom is 0.267 e. The zero-order valence-corrected chi connectivity index (χ0v) is 9.21. The number of hydrogen-bond donors (Lipinski definition) is 2. The summed E-state index contributed by atoms with van der Waals surface area (Å²) in [5.74, 6) is 0.0663. The molecule has 16 heavy (non-hydrogen) atoms. The molecule has 1 atom stereocenters. The third kappa shape index (κ3) is 2.31. The van der Waals surface area contributed by atoms with Crippen LogP contribution in [0.4, 0.5) is 8.78 Å². The average molecular weight is 231 g/mol. The molecule has 0 fully saturated rings. The molecular weight excluding hydrogens is 216 g/mol. The molecule has 90 valence electrons. The van der Waals surface area contributed by atoms with Crippen molar-refractivity contribution in [2.75, 3.05) is 13.7 Å². The van der Waals surface area contributed by atoms with Crippen LogP contribution in [0.2, 0.25) is 0 Å². The number of rotatable bonds is 4. The number of nitrogens with two attached hydrogens (primary N) is 1. The van der Waals surface area contributed by atoms with Gasteiger partial charge in [0.1, 0.15) is 5.75 Å². The normalized spacial score (nSPS) is 12.9. The molecule has 0 saturated carbocycles. The van der Waals surface area contributed by atoms with E-state index in [4.69, 9.17) is 15.6 Å². The van der Waals surface area contributed by atoms with E-state index < -0.39 is 12.5 Å². The Morgan fingerprint density at radius 2 is 2.06 bits per heavy atom. The van der Waals surface area contributed by atoms with Crippen LogP contribution in [-0.4, -0.2) is 18.8 Å². The van der Waals surface area contributed by atoms with Crippen molar-refractivity contribution < 1.29 is 18.6 Å². The van der Waals surface area contributed by atoms with Crippen molar-refractivity contribution in [1.82, 2.24) is 0 Å². The predicted molar refractivity (Wildman–Crippen MR) is 56.7 cm³/mol. The highest BCUT2D eigenvalue weighted by atomic mass is 19.3. The molecule has 1 rings (SSSR count). The Hall–Kier alpha value is -1.20. The van der Waals surface area contributed by atoms with Gasteiger partial charge in [-0.2, -0.15) is 0 Å². The number of ether oxygens (including phenoxy) is 1. The molecule has 1 aromatic rings. The SMILES string of the molecule is COc1c(C(F)F)ccc(C)c1C(N)CO. The molecule has 1 unspecified atom stereocenters. The van der Waals surface area contributed by atoms with Gasteiger partial charge in [0.25, 0.3) is 6.43 Å². The molecule has 0 aliphatic heterocycles. The van der Waals surface area contributed by atoms with E-state index >= 15 is 0 Å². The first-order chi connectivity index (χ1) is 7.52. The zero-order chi connectivity index (χ0) is 12.3. The molecular formula is C11H15F2NO2. The molecule has 1 aromatic carbocycles. The number of methoxy groups -OCH3 is 1. The van der Waals surface area contributed by atoms with Crippen LogP contribution in [0.25, 0.3) is 0 Å². The summed E-state index contributed by atoms with van der Waals surface area (Å²) in [5, 5.41) is 8.99. The number of alkyl halides is 2. The molecule has 5 heteroatoms. The minimum atomic E-state index is -2.62. The van der Waals surface area contributed by atoms with Gasteiger partial charge in [0.05, 0.1) is 25.3 Å². The fraction of sp³-hybridized carbons (Fsp3) is 0.455. The minimum absolute atomic E-state index is 0.0663. The van der Waals surface area contributed by atoms with Gasteiger partial charge in [-0.3, -0.25) is 0 Å². The van der Waals surface area contributed by atoms with E-state index in [1.54, 1.807) is 13.0 Å². The highest BCUT2D eigenvalue weighted by molar-refractivity contribution is 5.48. The number of aliphatic hydroxyl groups is 1. The van der Waals surface area contributed by atoms with Crippen LogP contribution in [0.3, 0.4) is 0 Å². The fourth-order valence-corrected chi connectivity index (χ4v) is 1.67. The molecule has 0 bridgehead atoms. The number of hydrogen-bond acceptors (Lipinski definition) is 3. The molecule has 0 spiro atoms. The third-order valence-electron chi connectivity index (χ3n) is 2.45. The molecule has 0 aromatic heterocycles. The van der Waals surface area contributed by atoms with Gasteiger partial charge in [-0.1, -0.05) is 6.07 Å². The third-order valence-corrected chi connectivity index (χ3v) is 2.45. The van der Waals surface area contributed by atoms with Gasteiger partial charge in [0.2, 0.25) is 0 Å². The lowest BCUT2D eigenvalue weighted by atomic mass is 9.97. The van der Waals surface area contributed by atoms with Crippen molar-refractivity contribution in [3.05, 3.63) is 28.8 Å². The van der Waals surface area contributed by atoms with Crippen molar-refractivity contribution in [3.63, 3.8) is 0 Å². The largest absolute Gasteiger partial charge is 0.496 e. The van der Waals surface area contributed by atoms with Crippen molar-refractivity contribution in [2.24, 2.45) is 5.73 Å². The Morgan fingerprint density at radius 3 is 2.50 bits per heavy atom. The predicted octanol–water partition coefficient (Wildman–Crippen LogP) is 1.93. The van der Waals surface area contributed by atoms with Crippen LogP contribution in [0.5, 0.6) is 5.75 Å². The van der Waals surface area contributed by atoms with Crippen LogP contribution < -0.4 is 10.5 Å². The lowest BCUT2D eigenvalue weighted by Gasteiger charge is -2.19. The summed E-state index contributed by atoms with van der Waals surface area (Å²) in [6.07, 6.45) is -2.62. The quantitative estimate of drug-likeness (QED) is 0.832. The summed E-state index contributed by atoms with van der Waals surface area (Å²) in [7, 11) is 1.31. The van der Waals surface area contributed by atoms with Gasteiger partial charge < -0.3 is 15.6 Å². The summed E-state index contributed by atoms with van der Waals surface area (Å²) in [6, 6.07) is 2.15. The summed E-state index contributed by atoms with van der Waals surface area (Å²) < 4.78 is 30.4. The molecule has 0 amide bonds. The van der Waals surface area contributed by atoms with E-state index in [0.29, 0.717) is 5.56 Å². The van der Waals surface area contributed by atoms with Gasteiger partial charge in [0.15, 0.2) is 0 Å². The zero-order valence-electron chi connectivity index (χ0n) is 9.21. The topological polar surface area (TPSA) is 55.5 Å². The number of aryl methyl sites for hydroxylation is 1. The molecule has 0 aliphatic carbocycles. The van der Waals surface area contributed by atoms with E-state index in [0.717, 1.165) is 5.56 Å². The Bertz CT molecular complexity index is 369. The van der Waals surface area contributed by atoms with Gasteiger partial charge in [0, 0.05) is 5.56 Å². The molecule has 0 aliphatic rings. The Balaban J connectivity index is 3.38. The van der Waals surface area contributed by atoms with E-state index in [9.17, 15) is 8.78 Å². The second-order valence-corrected chi connectivity index (χ2v) is 3.51. The standard InChI is InChI=1S/C11H15F2NO2/c1-6-3-4-7(11(12)13)10(16-2)9(6)8(14)5-15/h3-4,8,11,15H,5,14H2,1-2H3. The lowest BCUT2D eigenvalue weighted by molar-refractivity contribution is 0.146. The molecule has 3 N–H and O–H groups in total. The number of halogens is 2. The van der Waals surface area contributed by atoms with Crippen molar-refractivity contribution in [3.8, 4) is 5.75 Å². The molecule has 0 saturated heterocycles. The maximum atomic E-state index is 12.7. The Kier molecular flexibility index (Phi) is 4.20. The van der Waals surface area contributed by atoms with E-state index in [-0.39, 0.29) is 17.9 Å². The van der Waals surface area contributed by atoms with Crippen LogP contribution in [-0.2, 0) is 0 Å². The van der Waals surface area contributed by atoms with Crippen LogP contribution >= 0.6 is 0 Å². The Labute approximate surface area is 92.8 Å². The van der Waals surface area contributed by atoms with E-state index in [1.165, 1.54) is 13.2 Å². The van der Waals surface area contributed by atoms with Crippen LogP contribution in [0.1, 0.15) is 29.2 Å². The second kappa shape index (κ2) is 5.23. The fourth-order valence-electron chi connectivity index (χ4n) is 1.67. The minimum Gasteiger partial charge on any atom is -0.496 e. The average Bonchev–Trinajstić information content (AvgIpc) is 2.26. The molecule has 0 radical (unpaired) electrons. The summed E-state index contributed by atoms with van der Waals surface area (Å²) in [6.45, 7) is 1.42. The second-order valence-electron chi connectivity index (χ2n) is 3.51. The first-order valence-electron chi connectivity index (χ1n) is 4.84. The number of aliphatic hydroxyl groups excluding tert-OH is 1. The summed E-state index contributed by atoms with van der Waals surface area (Å²) >= 11 is 0. The lowest BCUT2D eigenvalue weighted by Crippen LogP contribution is -2.17. The number of benzene rings is 1. The van der Waals surface area contributed by atoms with Gasteiger partial charge in [-0.15, -0.1) is 0 Å². The van der Waals surface area contributed by atoms with Crippen LogP contribution in [0, 0.1) is 6.92 Å². The van der Waals surface area contributed by atoms with Gasteiger partial charge >= 0.3 is 0 Å². The van der Waals surface area contributed by atoms with Gasteiger partial charge in [-0.25, -0.2) is 8.78 Å².